The van der Waals surface area contributed by atoms with Crippen LogP contribution in [0.25, 0.3) is 10.9 Å². The fraction of sp³-hybridized carbons (Fsp3) is 0.250. The van der Waals surface area contributed by atoms with E-state index in [1.807, 2.05) is 37.3 Å². The lowest BCUT2D eigenvalue weighted by Crippen LogP contribution is -2.31. The summed E-state index contributed by atoms with van der Waals surface area (Å²) in [7, 11) is 1.75. The molecule has 0 fully saturated rings. The first kappa shape index (κ1) is 17.7. The Hall–Kier alpha value is -3.15. The van der Waals surface area contributed by atoms with E-state index in [4.69, 9.17) is 4.74 Å². The van der Waals surface area contributed by atoms with E-state index in [0.29, 0.717) is 24.1 Å². The van der Waals surface area contributed by atoms with Gasteiger partial charge >= 0.3 is 0 Å². The minimum atomic E-state index is -0.146. The number of likely N-dealkylation sites (N-methyl/N-ethyl adjacent to an activating group) is 1. The van der Waals surface area contributed by atoms with Crippen molar-refractivity contribution in [1.29, 1.82) is 0 Å². The molecule has 0 aliphatic heterocycles. The molecule has 2 aromatic carbocycles. The fourth-order valence-corrected chi connectivity index (χ4v) is 2.76. The van der Waals surface area contributed by atoms with Crippen molar-refractivity contribution in [1.82, 2.24) is 14.7 Å². The first-order valence-electron chi connectivity index (χ1n) is 8.49. The van der Waals surface area contributed by atoms with Gasteiger partial charge in [0.2, 0.25) is 11.3 Å². The predicted molar refractivity (Wildman–Crippen MR) is 100 cm³/mol. The first-order chi connectivity index (χ1) is 12.6. The van der Waals surface area contributed by atoms with Crippen molar-refractivity contribution < 1.29 is 9.53 Å². The summed E-state index contributed by atoms with van der Waals surface area (Å²) >= 11 is 0. The molecule has 26 heavy (non-hydrogen) atoms. The average molecular weight is 351 g/mol. The highest BCUT2D eigenvalue weighted by atomic mass is 16.5. The van der Waals surface area contributed by atoms with Crippen LogP contribution in [0, 0.1) is 0 Å². The lowest BCUT2D eigenvalue weighted by atomic mass is 10.2. The van der Waals surface area contributed by atoms with E-state index in [9.17, 15) is 9.59 Å². The number of amides is 1. The number of rotatable bonds is 6. The molecule has 0 spiro atoms. The van der Waals surface area contributed by atoms with E-state index < -0.39 is 0 Å². The van der Waals surface area contributed by atoms with Gasteiger partial charge in [0.25, 0.3) is 0 Å². The monoisotopic (exact) mass is 351 g/mol. The third kappa shape index (κ3) is 3.91. The molecular weight excluding hydrogens is 330 g/mol. The summed E-state index contributed by atoms with van der Waals surface area (Å²) in [4.78, 5) is 26.1. The van der Waals surface area contributed by atoms with Crippen LogP contribution < -0.4 is 10.2 Å². The van der Waals surface area contributed by atoms with Gasteiger partial charge in [-0.15, -0.1) is 0 Å². The number of carbonyl (C=O) groups is 1. The zero-order valence-electron chi connectivity index (χ0n) is 14.9. The Kier molecular flexibility index (Phi) is 5.31. The molecule has 0 saturated carbocycles. The summed E-state index contributed by atoms with van der Waals surface area (Å²) < 4.78 is 6.99. The molecule has 0 aliphatic carbocycles. The molecule has 0 bridgehead atoms. The molecule has 6 heteroatoms. The van der Waals surface area contributed by atoms with Crippen molar-refractivity contribution in [3.05, 3.63) is 70.5 Å². The van der Waals surface area contributed by atoms with E-state index in [-0.39, 0.29) is 17.9 Å². The Morgan fingerprint density at radius 2 is 1.88 bits per heavy atom. The summed E-state index contributed by atoms with van der Waals surface area (Å²) in [5, 5.41) is 4.67. The van der Waals surface area contributed by atoms with Gasteiger partial charge in [-0.25, -0.2) is 0 Å². The van der Waals surface area contributed by atoms with Crippen molar-refractivity contribution in [3.63, 3.8) is 0 Å². The number of aromatic nitrogens is 2. The van der Waals surface area contributed by atoms with Gasteiger partial charge in [-0.2, -0.15) is 5.10 Å². The smallest absolute Gasteiger partial charge is 0.244 e. The van der Waals surface area contributed by atoms with Crippen LogP contribution in [-0.4, -0.2) is 34.2 Å². The third-order valence-corrected chi connectivity index (χ3v) is 4.13. The van der Waals surface area contributed by atoms with Crippen LogP contribution in [0.5, 0.6) is 5.75 Å². The summed E-state index contributed by atoms with van der Waals surface area (Å²) in [6, 6.07) is 14.8. The standard InChI is InChI=1S/C20H21N3O3/c1-3-26-16-10-8-15(9-11-16)13-22(2)20(25)14-23-18-7-5-4-6-17(18)19(24)12-21-23/h4-12H,3,13-14H2,1-2H3. The molecule has 0 N–H and O–H groups in total. The van der Waals surface area contributed by atoms with Gasteiger partial charge < -0.3 is 9.64 Å². The summed E-state index contributed by atoms with van der Waals surface area (Å²) in [6.45, 7) is 3.13. The highest BCUT2D eigenvalue weighted by Crippen LogP contribution is 2.14. The molecule has 134 valence electrons. The van der Waals surface area contributed by atoms with Gasteiger partial charge in [0.05, 0.1) is 18.3 Å². The maximum Gasteiger partial charge on any atom is 0.244 e. The van der Waals surface area contributed by atoms with E-state index in [1.165, 1.54) is 6.20 Å². The molecule has 6 nitrogen and oxygen atoms in total. The van der Waals surface area contributed by atoms with Gasteiger partial charge in [0, 0.05) is 19.0 Å². The molecule has 0 radical (unpaired) electrons. The topological polar surface area (TPSA) is 64.4 Å². The van der Waals surface area contributed by atoms with Gasteiger partial charge in [0.15, 0.2) is 0 Å². The van der Waals surface area contributed by atoms with Crippen molar-refractivity contribution in [3.8, 4) is 5.75 Å². The summed E-state index contributed by atoms with van der Waals surface area (Å²) in [6.07, 6.45) is 1.25. The number of ether oxygens (including phenoxy) is 1. The van der Waals surface area contributed by atoms with Gasteiger partial charge in [-0.05, 0) is 36.8 Å². The highest BCUT2D eigenvalue weighted by Gasteiger charge is 2.12. The van der Waals surface area contributed by atoms with E-state index in [2.05, 4.69) is 5.10 Å². The van der Waals surface area contributed by atoms with Gasteiger partial charge in [0.1, 0.15) is 12.3 Å². The molecule has 0 saturated heterocycles. The number of hydrogen-bond acceptors (Lipinski definition) is 4. The minimum absolute atomic E-state index is 0.0777. The number of hydrogen-bond donors (Lipinski definition) is 0. The molecule has 0 atom stereocenters. The SMILES string of the molecule is CCOc1ccc(CN(C)C(=O)Cn2ncc(=O)c3ccccc32)cc1. The van der Waals surface area contributed by atoms with Crippen molar-refractivity contribution in [2.75, 3.05) is 13.7 Å². The Balaban J connectivity index is 1.72. The van der Waals surface area contributed by atoms with Crippen LogP contribution >= 0.6 is 0 Å². The van der Waals surface area contributed by atoms with Crippen LogP contribution in [0.1, 0.15) is 12.5 Å². The molecule has 3 rings (SSSR count). The highest BCUT2D eigenvalue weighted by molar-refractivity contribution is 5.81. The third-order valence-electron chi connectivity index (χ3n) is 4.13. The minimum Gasteiger partial charge on any atom is -0.494 e. The number of fused-ring (bicyclic) bond motifs is 1. The van der Waals surface area contributed by atoms with E-state index >= 15 is 0 Å². The zero-order valence-corrected chi connectivity index (χ0v) is 14.9. The number of nitrogens with zero attached hydrogens (tertiary/aromatic N) is 3. The number of carbonyl (C=O) groups excluding carboxylic acids is 1. The second-order valence-corrected chi connectivity index (χ2v) is 6.01. The quantitative estimate of drug-likeness (QED) is 0.684. The Morgan fingerprint density at radius 1 is 1.15 bits per heavy atom. The van der Waals surface area contributed by atoms with E-state index in [0.717, 1.165) is 11.3 Å². The van der Waals surface area contributed by atoms with Crippen LogP contribution in [-0.2, 0) is 17.9 Å². The van der Waals surface area contributed by atoms with Crippen LogP contribution in [0.15, 0.2) is 59.5 Å². The number of benzene rings is 2. The average Bonchev–Trinajstić information content (AvgIpc) is 2.66. The van der Waals surface area contributed by atoms with Crippen molar-refractivity contribution in [2.45, 2.75) is 20.0 Å². The normalized spacial score (nSPS) is 10.7. The Bertz CT molecular complexity index is 964. The fourth-order valence-electron chi connectivity index (χ4n) is 2.76. The maximum atomic E-state index is 12.6. The zero-order chi connectivity index (χ0) is 18.5. The summed E-state index contributed by atoms with van der Waals surface area (Å²) in [5.41, 5.74) is 1.52. The largest absolute Gasteiger partial charge is 0.494 e. The molecular formula is C20H21N3O3. The van der Waals surface area contributed by atoms with Crippen LogP contribution in [0.2, 0.25) is 0 Å². The summed E-state index contributed by atoms with van der Waals surface area (Å²) in [5.74, 6) is 0.731. The molecule has 0 unspecified atom stereocenters. The first-order valence-corrected chi connectivity index (χ1v) is 8.49. The van der Waals surface area contributed by atoms with Gasteiger partial charge in [-0.3, -0.25) is 14.3 Å². The predicted octanol–water partition coefficient (Wildman–Crippen LogP) is 2.45. The van der Waals surface area contributed by atoms with Crippen molar-refractivity contribution in [2.24, 2.45) is 0 Å². The molecule has 1 heterocycles. The Morgan fingerprint density at radius 3 is 2.62 bits per heavy atom. The number of para-hydroxylation sites is 1. The maximum absolute atomic E-state index is 12.6. The molecule has 1 aromatic heterocycles. The second kappa shape index (κ2) is 7.82. The lowest BCUT2D eigenvalue weighted by molar-refractivity contribution is -0.131. The van der Waals surface area contributed by atoms with Crippen LogP contribution in [0.4, 0.5) is 0 Å². The molecule has 0 aliphatic rings. The second-order valence-electron chi connectivity index (χ2n) is 6.01. The lowest BCUT2D eigenvalue weighted by Gasteiger charge is -2.18. The van der Waals surface area contributed by atoms with Gasteiger partial charge in [-0.1, -0.05) is 24.3 Å². The van der Waals surface area contributed by atoms with E-state index in [1.54, 1.807) is 34.8 Å². The molecule has 1 amide bonds. The molecule has 3 aromatic rings. The van der Waals surface area contributed by atoms with Crippen LogP contribution in [0.3, 0.4) is 0 Å². The Labute approximate surface area is 151 Å². The van der Waals surface area contributed by atoms with Crippen molar-refractivity contribution >= 4 is 16.8 Å².